The van der Waals surface area contributed by atoms with E-state index in [9.17, 15) is 14.4 Å². The van der Waals surface area contributed by atoms with Gasteiger partial charge in [0.2, 0.25) is 0 Å². The highest BCUT2D eigenvalue weighted by molar-refractivity contribution is 7.21. The van der Waals surface area contributed by atoms with Gasteiger partial charge in [-0.15, -0.1) is 22.7 Å². The summed E-state index contributed by atoms with van der Waals surface area (Å²) in [4.78, 5) is 44.2. The fraction of sp³-hybridized carbons (Fsp3) is 0.182. The molecule has 1 amide bonds. The van der Waals surface area contributed by atoms with Crippen molar-refractivity contribution >= 4 is 49.8 Å². The lowest BCUT2D eigenvalue weighted by atomic mass is 10.2. The summed E-state index contributed by atoms with van der Waals surface area (Å²) in [7, 11) is 1.29. The minimum atomic E-state index is -0.516. The van der Waals surface area contributed by atoms with Gasteiger partial charge in [0.25, 0.3) is 11.5 Å². The highest BCUT2D eigenvalue weighted by Gasteiger charge is 2.23. The monoisotopic (exact) mass is 453 g/mol. The molecule has 4 aromatic rings. The molecule has 0 radical (unpaired) electrons. The molecule has 158 valence electrons. The van der Waals surface area contributed by atoms with Gasteiger partial charge in [-0.1, -0.05) is 30.3 Å². The zero-order valence-corrected chi connectivity index (χ0v) is 18.7. The number of aromatic nitrogens is 2. The maximum atomic E-state index is 13.1. The lowest BCUT2D eigenvalue weighted by Crippen LogP contribution is -2.21. The molecule has 3 aromatic heterocycles. The second kappa shape index (κ2) is 8.44. The number of carbonyl (C=O) groups is 2. The van der Waals surface area contributed by atoms with Crippen LogP contribution in [0.25, 0.3) is 10.2 Å². The van der Waals surface area contributed by atoms with Crippen molar-refractivity contribution in [1.29, 1.82) is 0 Å². The number of fused-ring (bicyclic) bond motifs is 1. The van der Waals surface area contributed by atoms with Crippen molar-refractivity contribution < 1.29 is 14.3 Å². The second-order valence-electron chi connectivity index (χ2n) is 6.95. The number of methoxy groups -OCH3 is 1. The average Bonchev–Trinajstić information content (AvgIpc) is 3.30. The fourth-order valence-corrected chi connectivity index (χ4v) is 5.23. The van der Waals surface area contributed by atoms with Gasteiger partial charge in [0.05, 0.1) is 35.8 Å². The molecule has 3 heterocycles. The van der Waals surface area contributed by atoms with Crippen molar-refractivity contribution in [3.05, 3.63) is 79.5 Å². The van der Waals surface area contributed by atoms with Crippen LogP contribution < -0.4 is 10.9 Å². The molecule has 0 atom stereocenters. The summed E-state index contributed by atoms with van der Waals surface area (Å²) < 4.78 is 6.33. The molecule has 4 rings (SSSR count). The number of ether oxygens (including phenoxy) is 1. The molecule has 7 nitrogen and oxygen atoms in total. The van der Waals surface area contributed by atoms with Crippen molar-refractivity contribution in [2.24, 2.45) is 0 Å². The Balaban J connectivity index is 1.68. The number of thiophene rings is 2. The van der Waals surface area contributed by atoms with Crippen LogP contribution in [-0.4, -0.2) is 28.5 Å². The molecule has 0 aliphatic carbocycles. The first-order chi connectivity index (χ1) is 14.9. The first-order valence-electron chi connectivity index (χ1n) is 9.41. The molecule has 0 bridgehead atoms. The van der Waals surface area contributed by atoms with Gasteiger partial charge in [-0.25, -0.2) is 9.78 Å². The van der Waals surface area contributed by atoms with E-state index >= 15 is 0 Å². The maximum absolute atomic E-state index is 13.1. The van der Waals surface area contributed by atoms with Gasteiger partial charge in [0, 0.05) is 4.88 Å². The number of anilines is 1. The first-order valence-corrected chi connectivity index (χ1v) is 11.0. The first kappa shape index (κ1) is 21.0. The quantitative estimate of drug-likeness (QED) is 0.457. The van der Waals surface area contributed by atoms with Crippen molar-refractivity contribution in [1.82, 2.24) is 9.55 Å². The smallest absolute Gasteiger partial charge is 0.340 e. The molecule has 1 aromatic carbocycles. The molecular formula is C22H19N3O4S2. The number of hydrogen-bond donors (Lipinski definition) is 1. The number of carbonyl (C=O) groups excluding carboxylic acids is 2. The Bertz CT molecular complexity index is 1350. The molecule has 0 aliphatic heterocycles. The molecule has 9 heteroatoms. The minimum Gasteiger partial charge on any atom is -0.465 e. The summed E-state index contributed by atoms with van der Waals surface area (Å²) >= 11 is 2.45. The van der Waals surface area contributed by atoms with Crippen molar-refractivity contribution in [2.75, 3.05) is 12.4 Å². The number of rotatable bonds is 5. The van der Waals surface area contributed by atoms with Crippen LogP contribution in [-0.2, 0) is 11.3 Å². The van der Waals surface area contributed by atoms with E-state index in [1.165, 1.54) is 29.3 Å². The topological polar surface area (TPSA) is 90.3 Å². The molecule has 0 fully saturated rings. The zero-order valence-electron chi connectivity index (χ0n) is 17.1. The van der Waals surface area contributed by atoms with E-state index in [-0.39, 0.29) is 11.5 Å². The minimum absolute atomic E-state index is 0.191. The van der Waals surface area contributed by atoms with E-state index in [2.05, 4.69) is 10.3 Å². The average molecular weight is 454 g/mol. The van der Waals surface area contributed by atoms with Crippen LogP contribution in [0, 0.1) is 13.8 Å². The highest BCUT2D eigenvalue weighted by atomic mass is 32.1. The van der Waals surface area contributed by atoms with E-state index < -0.39 is 5.97 Å². The third kappa shape index (κ3) is 4.01. The summed E-state index contributed by atoms with van der Waals surface area (Å²) in [5.74, 6) is -0.903. The van der Waals surface area contributed by atoms with E-state index in [1.807, 2.05) is 37.3 Å². The number of aryl methyl sites for hydroxylation is 2. The van der Waals surface area contributed by atoms with Gasteiger partial charge in [-0.2, -0.15) is 0 Å². The van der Waals surface area contributed by atoms with Crippen LogP contribution in [0.3, 0.4) is 0 Å². The highest BCUT2D eigenvalue weighted by Crippen LogP contribution is 2.31. The van der Waals surface area contributed by atoms with Crippen LogP contribution in [0.4, 0.5) is 5.00 Å². The van der Waals surface area contributed by atoms with Gasteiger partial charge in [-0.3, -0.25) is 14.2 Å². The lowest BCUT2D eigenvalue weighted by Gasteiger charge is -2.06. The number of amides is 1. The van der Waals surface area contributed by atoms with Crippen molar-refractivity contribution in [2.45, 2.75) is 20.4 Å². The van der Waals surface area contributed by atoms with E-state index in [1.54, 1.807) is 13.0 Å². The van der Waals surface area contributed by atoms with E-state index in [0.717, 1.165) is 21.8 Å². The molecule has 0 aliphatic rings. The molecular weight excluding hydrogens is 434 g/mol. The molecule has 0 spiro atoms. The van der Waals surface area contributed by atoms with E-state index in [0.29, 0.717) is 37.8 Å². The van der Waals surface area contributed by atoms with Crippen LogP contribution >= 0.6 is 22.7 Å². The van der Waals surface area contributed by atoms with Gasteiger partial charge in [0.15, 0.2) is 0 Å². The summed E-state index contributed by atoms with van der Waals surface area (Å²) in [6.45, 7) is 3.98. The van der Waals surface area contributed by atoms with Crippen LogP contribution in [0.1, 0.15) is 36.0 Å². The largest absolute Gasteiger partial charge is 0.465 e. The Morgan fingerprint density at radius 3 is 2.61 bits per heavy atom. The molecule has 0 saturated carbocycles. The Labute approximate surface area is 185 Å². The van der Waals surface area contributed by atoms with Crippen LogP contribution in [0.15, 0.2) is 47.5 Å². The van der Waals surface area contributed by atoms with Crippen molar-refractivity contribution in [3.63, 3.8) is 0 Å². The number of nitrogens with zero attached hydrogens (tertiary/aromatic N) is 2. The number of nitrogens with one attached hydrogen (secondary N) is 1. The molecule has 0 unspecified atom stereocenters. The third-order valence-electron chi connectivity index (χ3n) is 4.81. The Kier molecular flexibility index (Phi) is 5.71. The predicted molar refractivity (Wildman–Crippen MR) is 123 cm³/mol. The Morgan fingerprint density at radius 2 is 1.90 bits per heavy atom. The van der Waals surface area contributed by atoms with Gasteiger partial charge in [-0.05, 0) is 31.0 Å². The molecule has 0 saturated heterocycles. The summed E-state index contributed by atoms with van der Waals surface area (Å²) in [5.41, 5.74) is 1.68. The van der Waals surface area contributed by atoms with Crippen LogP contribution in [0.2, 0.25) is 0 Å². The number of benzene rings is 1. The number of hydrogen-bond acceptors (Lipinski definition) is 7. The Hall–Kier alpha value is -3.30. The van der Waals surface area contributed by atoms with Gasteiger partial charge < -0.3 is 10.1 Å². The normalized spacial score (nSPS) is 10.9. The third-order valence-corrected chi connectivity index (χ3v) is 6.97. The predicted octanol–water partition coefficient (Wildman–Crippen LogP) is 4.22. The standard InChI is InChI=1S/C22H19N3O4S2/c1-12-9-15(22(28)29-3)19(30-12)24-18(26)17-13(2)16-20(31-17)23-11-25(21(16)27)10-14-7-5-4-6-8-14/h4-9,11H,10H2,1-3H3,(H,24,26). The van der Waals surface area contributed by atoms with Gasteiger partial charge >= 0.3 is 5.97 Å². The fourth-order valence-electron chi connectivity index (χ4n) is 3.30. The Morgan fingerprint density at radius 1 is 1.16 bits per heavy atom. The lowest BCUT2D eigenvalue weighted by molar-refractivity contribution is 0.0602. The van der Waals surface area contributed by atoms with Crippen molar-refractivity contribution in [3.8, 4) is 0 Å². The molecule has 1 N–H and O–H groups in total. The summed E-state index contributed by atoms with van der Waals surface area (Å²) in [6.07, 6.45) is 1.51. The SMILES string of the molecule is COC(=O)c1cc(C)sc1NC(=O)c1sc2ncn(Cc3ccccc3)c(=O)c2c1C. The summed E-state index contributed by atoms with van der Waals surface area (Å²) in [6, 6.07) is 11.3. The number of esters is 1. The van der Waals surface area contributed by atoms with Gasteiger partial charge in [0.1, 0.15) is 9.83 Å². The van der Waals surface area contributed by atoms with E-state index in [4.69, 9.17) is 4.74 Å². The summed E-state index contributed by atoms with van der Waals surface area (Å²) in [5, 5.41) is 3.64. The maximum Gasteiger partial charge on any atom is 0.340 e. The molecule has 31 heavy (non-hydrogen) atoms. The van der Waals surface area contributed by atoms with Crippen LogP contribution in [0.5, 0.6) is 0 Å². The second-order valence-corrected chi connectivity index (χ2v) is 9.20. The zero-order chi connectivity index (χ0) is 22.1.